The average molecular weight is 330 g/mol. The zero-order chi connectivity index (χ0) is 16.5. The molecule has 0 saturated carbocycles. The van der Waals surface area contributed by atoms with Crippen LogP contribution in [0.15, 0.2) is 48.5 Å². The molecular formula is C19H23O3P. The Morgan fingerprint density at radius 3 is 2.17 bits per heavy atom. The van der Waals surface area contributed by atoms with Crippen LogP contribution < -0.4 is 9.83 Å². The molecule has 1 aliphatic rings. The highest BCUT2D eigenvalue weighted by Gasteiger charge is 2.52. The molecule has 1 N–H and O–H groups in total. The molecule has 1 heterocycles. The summed E-state index contributed by atoms with van der Waals surface area (Å²) in [5, 5.41) is 10.6. The number of hydrogen-bond acceptors (Lipinski definition) is 3. The summed E-state index contributed by atoms with van der Waals surface area (Å²) in [6.45, 7) is 3.99. The second kappa shape index (κ2) is 6.14. The highest BCUT2D eigenvalue weighted by Crippen LogP contribution is 2.64. The van der Waals surface area contributed by atoms with E-state index in [0.717, 1.165) is 24.0 Å². The Labute approximate surface area is 137 Å². The maximum absolute atomic E-state index is 13.9. The molecule has 1 aliphatic heterocycles. The van der Waals surface area contributed by atoms with Gasteiger partial charge in [0.05, 0.1) is 5.30 Å². The highest BCUT2D eigenvalue weighted by molar-refractivity contribution is 7.69. The molecule has 2 aromatic rings. The molecule has 3 rings (SSSR count). The predicted octanol–water partition coefficient (Wildman–Crippen LogP) is 4.94. The van der Waals surface area contributed by atoms with Gasteiger partial charge < -0.3 is 9.63 Å². The quantitative estimate of drug-likeness (QED) is 0.790. The zero-order valence-corrected chi connectivity index (χ0v) is 14.6. The lowest BCUT2D eigenvalue weighted by Gasteiger charge is -2.39. The normalized spacial score (nSPS) is 19.6. The van der Waals surface area contributed by atoms with E-state index in [9.17, 15) is 9.67 Å². The third-order valence-corrected chi connectivity index (χ3v) is 7.50. The van der Waals surface area contributed by atoms with Gasteiger partial charge in [0, 0.05) is 5.56 Å². The second-order valence-electron chi connectivity index (χ2n) is 6.14. The van der Waals surface area contributed by atoms with Crippen LogP contribution in [0.25, 0.3) is 11.1 Å². The number of hydrogen-bond donors (Lipinski definition) is 1. The van der Waals surface area contributed by atoms with E-state index in [4.69, 9.17) is 4.52 Å². The number of aliphatic hydroxyl groups is 1. The summed E-state index contributed by atoms with van der Waals surface area (Å²) in [6.07, 6.45) is 2.45. The molecule has 0 aromatic heterocycles. The van der Waals surface area contributed by atoms with Gasteiger partial charge in [-0.15, -0.1) is 0 Å². The fourth-order valence-corrected chi connectivity index (χ4v) is 6.43. The standard InChI is InChI=1S/C19H23O3P/c1-3-13-19(20,14-4-2)23(21)18-12-8-6-10-16(18)15-9-5-7-11-17(15)22-23/h5-12,20H,3-4,13-14H2,1-2H3. The SMILES string of the molecule is CCCC(O)(CCC)P1(=O)Oc2ccccc2-c2ccccc21. The van der Waals surface area contributed by atoms with Gasteiger partial charge in [0.1, 0.15) is 5.75 Å². The van der Waals surface area contributed by atoms with Crippen LogP contribution in [0.1, 0.15) is 39.5 Å². The summed E-state index contributed by atoms with van der Waals surface area (Å²) in [5.41, 5.74) is 1.84. The van der Waals surface area contributed by atoms with Crippen molar-refractivity contribution < 1.29 is 14.2 Å². The number of rotatable bonds is 5. The van der Waals surface area contributed by atoms with Crippen molar-refractivity contribution in [1.82, 2.24) is 0 Å². The number of benzene rings is 2. The topological polar surface area (TPSA) is 46.5 Å². The summed E-state index contributed by atoms with van der Waals surface area (Å²) in [7, 11) is -3.44. The predicted molar refractivity (Wildman–Crippen MR) is 94.5 cm³/mol. The molecule has 0 aliphatic carbocycles. The summed E-state index contributed by atoms with van der Waals surface area (Å²) in [5.74, 6) is 0.597. The minimum absolute atomic E-state index is 0.467. The van der Waals surface area contributed by atoms with Crippen LogP contribution in [0.3, 0.4) is 0 Å². The lowest BCUT2D eigenvalue weighted by Crippen LogP contribution is -2.37. The molecule has 0 spiro atoms. The molecule has 0 bridgehead atoms. The van der Waals surface area contributed by atoms with E-state index in [1.165, 1.54) is 0 Å². The van der Waals surface area contributed by atoms with Gasteiger partial charge in [0.25, 0.3) is 0 Å². The van der Waals surface area contributed by atoms with Gasteiger partial charge in [0.2, 0.25) is 0 Å². The Kier molecular flexibility index (Phi) is 4.35. The Morgan fingerprint density at radius 2 is 1.52 bits per heavy atom. The fourth-order valence-electron chi connectivity index (χ4n) is 3.44. The third kappa shape index (κ3) is 2.52. The van der Waals surface area contributed by atoms with Crippen LogP contribution in [0, 0.1) is 0 Å². The fraction of sp³-hybridized carbons (Fsp3) is 0.368. The minimum Gasteiger partial charge on any atom is -0.437 e. The van der Waals surface area contributed by atoms with Crippen molar-refractivity contribution >= 4 is 12.7 Å². The molecular weight excluding hydrogens is 307 g/mol. The Balaban J connectivity index is 2.23. The number of para-hydroxylation sites is 1. The van der Waals surface area contributed by atoms with Gasteiger partial charge in [0.15, 0.2) is 5.34 Å². The van der Waals surface area contributed by atoms with Gasteiger partial charge in [-0.2, -0.15) is 0 Å². The van der Waals surface area contributed by atoms with Gasteiger partial charge in [-0.1, -0.05) is 63.1 Å². The van der Waals surface area contributed by atoms with Crippen molar-refractivity contribution in [1.29, 1.82) is 0 Å². The van der Waals surface area contributed by atoms with Crippen molar-refractivity contribution in [2.75, 3.05) is 0 Å². The van der Waals surface area contributed by atoms with E-state index in [1.807, 2.05) is 62.4 Å². The molecule has 0 amide bonds. The summed E-state index contributed by atoms with van der Waals surface area (Å²) in [6, 6.07) is 15.2. The van der Waals surface area contributed by atoms with Gasteiger partial charge >= 0.3 is 7.37 Å². The molecule has 0 saturated heterocycles. The van der Waals surface area contributed by atoms with Crippen LogP contribution >= 0.6 is 7.37 Å². The van der Waals surface area contributed by atoms with Crippen molar-refractivity contribution in [3.63, 3.8) is 0 Å². The van der Waals surface area contributed by atoms with E-state index in [-0.39, 0.29) is 0 Å². The third-order valence-electron chi connectivity index (χ3n) is 4.47. The largest absolute Gasteiger partial charge is 0.437 e. The lowest BCUT2D eigenvalue weighted by molar-refractivity contribution is 0.0927. The van der Waals surface area contributed by atoms with Gasteiger partial charge in [-0.3, -0.25) is 4.57 Å². The van der Waals surface area contributed by atoms with Gasteiger partial charge in [-0.25, -0.2) is 0 Å². The molecule has 4 heteroatoms. The van der Waals surface area contributed by atoms with Crippen molar-refractivity contribution in [2.45, 2.75) is 44.9 Å². The van der Waals surface area contributed by atoms with E-state index in [2.05, 4.69) is 0 Å². The molecule has 122 valence electrons. The highest BCUT2D eigenvalue weighted by atomic mass is 31.2. The first-order chi connectivity index (χ1) is 11.1. The first-order valence-corrected chi connectivity index (χ1v) is 9.89. The molecule has 1 unspecified atom stereocenters. The van der Waals surface area contributed by atoms with Crippen LogP contribution in [0.2, 0.25) is 0 Å². The number of fused-ring (bicyclic) bond motifs is 3. The maximum atomic E-state index is 13.9. The smallest absolute Gasteiger partial charge is 0.308 e. The van der Waals surface area contributed by atoms with E-state index >= 15 is 0 Å². The molecule has 0 radical (unpaired) electrons. The van der Waals surface area contributed by atoms with Crippen molar-refractivity contribution in [2.24, 2.45) is 0 Å². The molecule has 1 atom stereocenters. The summed E-state index contributed by atoms with van der Waals surface area (Å²) in [4.78, 5) is 0. The molecule has 3 nitrogen and oxygen atoms in total. The minimum atomic E-state index is -3.44. The molecule has 0 fully saturated rings. The first-order valence-electron chi connectivity index (χ1n) is 8.27. The molecule has 2 aromatic carbocycles. The zero-order valence-electron chi connectivity index (χ0n) is 13.7. The van der Waals surface area contributed by atoms with Crippen LogP contribution in [0.4, 0.5) is 0 Å². The Morgan fingerprint density at radius 1 is 0.957 bits per heavy atom. The first kappa shape index (κ1) is 16.3. The second-order valence-corrected chi connectivity index (χ2v) is 8.74. The molecule has 23 heavy (non-hydrogen) atoms. The van der Waals surface area contributed by atoms with Crippen LogP contribution in [-0.2, 0) is 4.57 Å². The summed E-state index contributed by atoms with van der Waals surface area (Å²) >= 11 is 0. The Bertz CT molecular complexity index is 748. The average Bonchev–Trinajstić information content (AvgIpc) is 2.55. The maximum Gasteiger partial charge on any atom is 0.308 e. The Hall–Kier alpha value is -1.57. The van der Waals surface area contributed by atoms with E-state index in [1.54, 1.807) is 0 Å². The lowest BCUT2D eigenvalue weighted by atomic mass is 10.0. The van der Waals surface area contributed by atoms with E-state index in [0.29, 0.717) is 23.9 Å². The van der Waals surface area contributed by atoms with Gasteiger partial charge in [-0.05, 0) is 30.5 Å². The summed E-state index contributed by atoms with van der Waals surface area (Å²) < 4.78 is 20.0. The van der Waals surface area contributed by atoms with Crippen LogP contribution in [0.5, 0.6) is 5.75 Å². The van der Waals surface area contributed by atoms with Crippen molar-refractivity contribution in [3.05, 3.63) is 48.5 Å². The monoisotopic (exact) mass is 330 g/mol. The van der Waals surface area contributed by atoms with Crippen molar-refractivity contribution in [3.8, 4) is 16.9 Å². The van der Waals surface area contributed by atoms with E-state index < -0.39 is 12.7 Å². The van der Waals surface area contributed by atoms with Crippen LogP contribution in [-0.4, -0.2) is 10.4 Å².